The standard InChI is InChI=1S/C19H17Br2N5O2/c1-2-4-11-7-12(20)17(13(21)8-11)24-19-16-9-22-10-25(16)18-14(23-19)5-3-6-15(18)26(27)28/h3,5-10,27-28H,2,4H2,1H3,(H,23,24). The van der Waals surface area contributed by atoms with Crippen LogP contribution in [0.3, 0.4) is 0 Å². The van der Waals surface area contributed by atoms with Gasteiger partial charge in [-0.1, -0.05) is 19.4 Å². The third-order valence-electron chi connectivity index (χ3n) is 4.45. The molecule has 0 aliphatic rings. The van der Waals surface area contributed by atoms with Gasteiger partial charge in [-0.25, -0.2) is 9.97 Å². The van der Waals surface area contributed by atoms with Crippen molar-refractivity contribution in [3.63, 3.8) is 0 Å². The maximum absolute atomic E-state index is 9.57. The van der Waals surface area contributed by atoms with Gasteiger partial charge >= 0.3 is 0 Å². The van der Waals surface area contributed by atoms with Gasteiger partial charge in [-0.2, -0.15) is 0 Å². The molecule has 7 nitrogen and oxygen atoms in total. The highest BCUT2D eigenvalue weighted by Crippen LogP contribution is 2.37. The maximum atomic E-state index is 9.57. The lowest BCUT2D eigenvalue weighted by Crippen LogP contribution is -2.13. The molecule has 0 radical (unpaired) electrons. The molecule has 0 amide bonds. The van der Waals surface area contributed by atoms with Crippen LogP contribution in [0.25, 0.3) is 16.6 Å². The Morgan fingerprint density at radius 2 is 1.93 bits per heavy atom. The Hall–Kier alpha value is -2.20. The molecule has 9 heteroatoms. The first kappa shape index (κ1) is 19.1. The monoisotopic (exact) mass is 505 g/mol. The second-order valence-electron chi connectivity index (χ2n) is 6.35. The van der Waals surface area contributed by atoms with Crippen molar-refractivity contribution < 1.29 is 10.4 Å². The fourth-order valence-electron chi connectivity index (χ4n) is 3.23. The number of halogens is 2. The van der Waals surface area contributed by atoms with E-state index in [1.807, 2.05) is 0 Å². The summed E-state index contributed by atoms with van der Waals surface area (Å²) in [5.41, 5.74) is 4.15. The Morgan fingerprint density at radius 3 is 2.61 bits per heavy atom. The van der Waals surface area contributed by atoms with Crippen molar-refractivity contribution in [1.82, 2.24) is 14.4 Å². The maximum Gasteiger partial charge on any atom is 0.157 e. The molecule has 3 N–H and O–H groups in total. The fraction of sp³-hybridized carbons (Fsp3) is 0.158. The summed E-state index contributed by atoms with van der Waals surface area (Å²) in [7, 11) is 0. The first-order valence-corrected chi connectivity index (χ1v) is 10.3. The molecule has 0 atom stereocenters. The predicted molar refractivity (Wildman–Crippen MR) is 116 cm³/mol. The first-order chi connectivity index (χ1) is 13.5. The highest BCUT2D eigenvalue weighted by molar-refractivity contribution is 9.11. The quantitative estimate of drug-likeness (QED) is 0.301. The molecule has 4 aromatic rings. The lowest BCUT2D eigenvalue weighted by molar-refractivity contribution is 0.0298. The molecule has 0 bridgehead atoms. The summed E-state index contributed by atoms with van der Waals surface area (Å²) in [6.07, 6.45) is 5.37. The smallest absolute Gasteiger partial charge is 0.157 e. The minimum atomic E-state index is 0.0934. The molecule has 0 aliphatic carbocycles. The number of hydrogen-bond donors (Lipinski definition) is 3. The molecular weight excluding hydrogens is 490 g/mol. The highest BCUT2D eigenvalue weighted by atomic mass is 79.9. The van der Waals surface area contributed by atoms with Gasteiger partial charge in [-0.15, -0.1) is 5.23 Å². The van der Waals surface area contributed by atoms with E-state index in [-0.39, 0.29) is 10.9 Å². The Labute approximate surface area is 177 Å². The summed E-state index contributed by atoms with van der Waals surface area (Å²) < 4.78 is 3.62. The summed E-state index contributed by atoms with van der Waals surface area (Å²) in [6.45, 7) is 2.15. The average molecular weight is 507 g/mol. The van der Waals surface area contributed by atoms with E-state index in [1.165, 1.54) is 5.56 Å². The van der Waals surface area contributed by atoms with E-state index in [0.29, 0.717) is 22.4 Å². The second-order valence-corrected chi connectivity index (χ2v) is 8.06. The van der Waals surface area contributed by atoms with Gasteiger partial charge in [0.1, 0.15) is 16.7 Å². The van der Waals surface area contributed by atoms with Crippen molar-refractivity contribution in [2.45, 2.75) is 19.8 Å². The number of anilines is 3. The Balaban J connectivity index is 1.87. The molecule has 28 heavy (non-hydrogen) atoms. The summed E-state index contributed by atoms with van der Waals surface area (Å²) in [6, 6.07) is 9.30. The van der Waals surface area contributed by atoms with Gasteiger partial charge in [0.25, 0.3) is 0 Å². The number of imidazole rings is 1. The van der Waals surface area contributed by atoms with Crippen molar-refractivity contribution in [3.8, 4) is 0 Å². The number of aromatic nitrogens is 3. The molecular formula is C19H17Br2N5O2. The van der Waals surface area contributed by atoms with Crippen molar-refractivity contribution >= 4 is 65.6 Å². The molecule has 0 aliphatic heterocycles. The third-order valence-corrected chi connectivity index (χ3v) is 5.70. The van der Waals surface area contributed by atoms with E-state index < -0.39 is 0 Å². The number of aryl methyl sites for hydroxylation is 1. The van der Waals surface area contributed by atoms with Gasteiger partial charge in [0, 0.05) is 8.95 Å². The third kappa shape index (κ3) is 3.35. The number of fused-ring (bicyclic) bond motifs is 3. The fourth-order valence-corrected chi connectivity index (χ4v) is 4.71. The molecule has 0 saturated carbocycles. The normalized spacial score (nSPS) is 11.3. The van der Waals surface area contributed by atoms with Crippen LogP contribution in [0.5, 0.6) is 0 Å². The van der Waals surface area contributed by atoms with Crippen molar-refractivity contribution in [2.75, 3.05) is 10.5 Å². The molecule has 0 unspecified atom stereocenters. The van der Waals surface area contributed by atoms with Crippen LogP contribution in [-0.4, -0.2) is 24.8 Å². The van der Waals surface area contributed by atoms with Gasteiger partial charge in [-0.05, 0) is 68.1 Å². The summed E-state index contributed by atoms with van der Waals surface area (Å²) in [5.74, 6) is 0.606. The van der Waals surface area contributed by atoms with Crippen molar-refractivity contribution in [3.05, 3.63) is 57.4 Å². The lowest BCUT2D eigenvalue weighted by Gasteiger charge is -2.16. The Morgan fingerprint density at radius 1 is 1.18 bits per heavy atom. The van der Waals surface area contributed by atoms with E-state index in [9.17, 15) is 10.4 Å². The molecule has 4 rings (SSSR count). The van der Waals surface area contributed by atoms with Crippen LogP contribution in [-0.2, 0) is 6.42 Å². The predicted octanol–water partition coefficient (Wildman–Crippen LogP) is 5.69. The molecule has 0 spiro atoms. The summed E-state index contributed by atoms with van der Waals surface area (Å²) >= 11 is 7.29. The Kier molecular flexibility index (Phi) is 5.24. The van der Waals surface area contributed by atoms with Crippen LogP contribution in [0.4, 0.5) is 17.2 Å². The number of benzene rings is 2. The van der Waals surface area contributed by atoms with Gasteiger partial charge in [0.2, 0.25) is 0 Å². The largest absolute Gasteiger partial charge is 0.337 e. The minimum Gasteiger partial charge on any atom is -0.337 e. The molecule has 0 saturated heterocycles. The van der Waals surface area contributed by atoms with Crippen molar-refractivity contribution in [1.29, 1.82) is 0 Å². The highest BCUT2D eigenvalue weighted by Gasteiger charge is 2.16. The number of nitrogens with zero attached hydrogens (tertiary/aromatic N) is 4. The topological polar surface area (TPSA) is 85.9 Å². The summed E-state index contributed by atoms with van der Waals surface area (Å²) in [5, 5.41) is 22.6. The van der Waals surface area contributed by atoms with Crippen LogP contribution in [0.1, 0.15) is 18.9 Å². The van der Waals surface area contributed by atoms with Gasteiger partial charge in [-0.3, -0.25) is 14.8 Å². The van der Waals surface area contributed by atoms with E-state index >= 15 is 0 Å². The van der Waals surface area contributed by atoms with Gasteiger partial charge in [0.15, 0.2) is 5.82 Å². The molecule has 2 heterocycles. The first-order valence-electron chi connectivity index (χ1n) is 8.67. The van der Waals surface area contributed by atoms with E-state index in [1.54, 1.807) is 35.1 Å². The minimum absolute atomic E-state index is 0.0934. The molecule has 0 fully saturated rings. The lowest BCUT2D eigenvalue weighted by atomic mass is 10.1. The van der Waals surface area contributed by atoms with Crippen LogP contribution in [0.2, 0.25) is 0 Å². The van der Waals surface area contributed by atoms with Crippen LogP contribution in [0.15, 0.2) is 51.8 Å². The second kappa shape index (κ2) is 7.67. The van der Waals surface area contributed by atoms with E-state index in [0.717, 1.165) is 27.5 Å². The zero-order valence-corrected chi connectivity index (χ0v) is 18.1. The van der Waals surface area contributed by atoms with Crippen LogP contribution in [0, 0.1) is 0 Å². The average Bonchev–Trinajstić information content (AvgIpc) is 3.14. The van der Waals surface area contributed by atoms with E-state index in [4.69, 9.17) is 4.98 Å². The van der Waals surface area contributed by atoms with Gasteiger partial charge in [0.05, 0.1) is 23.7 Å². The van der Waals surface area contributed by atoms with Crippen LogP contribution >= 0.6 is 31.9 Å². The number of rotatable bonds is 5. The number of hydrogen-bond acceptors (Lipinski definition) is 6. The molecule has 2 aromatic carbocycles. The molecule has 144 valence electrons. The van der Waals surface area contributed by atoms with E-state index in [2.05, 4.69) is 61.2 Å². The zero-order valence-electron chi connectivity index (χ0n) is 14.9. The van der Waals surface area contributed by atoms with Gasteiger partial charge < -0.3 is 5.32 Å². The van der Waals surface area contributed by atoms with Crippen molar-refractivity contribution in [2.24, 2.45) is 0 Å². The molecule has 2 aromatic heterocycles. The summed E-state index contributed by atoms with van der Waals surface area (Å²) in [4.78, 5) is 8.91. The zero-order chi connectivity index (χ0) is 19.8. The number of nitrogens with one attached hydrogen (secondary N) is 1. The number of para-hydroxylation sites is 1. The van der Waals surface area contributed by atoms with Crippen LogP contribution < -0.4 is 10.5 Å². The SMILES string of the molecule is CCCc1cc(Br)c(Nc2nc3cccc(N(O)O)c3n3cncc23)c(Br)c1. The Bertz CT molecular complexity index is 1150.